The molecule has 0 saturated carbocycles. The fourth-order valence-corrected chi connectivity index (χ4v) is 3.55. The lowest BCUT2D eigenvalue weighted by Gasteiger charge is -2.20. The molecule has 0 aromatic heterocycles. The molecule has 3 rings (SSSR count). The Labute approximate surface area is 194 Å². The van der Waals surface area contributed by atoms with Gasteiger partial charge in [-0.15, -0.1) is 0 Å². The number of esters is 1. The van der Waals surface area contributed by atoms with Gasteiger partial charge in [0.2, 0.25) is 5.91 Å². The smallest absolute Gasteiger partial charge is 0.337 e. The van der Waals surface area contributed by atoms with Crippen LogP contribution in [0.1, 0.15) is 28.8 Å². The molecule has 0 spiro atoms. The third kappa shape index (κ3) is 5.98. The summed E-state index contributed by atoms with van der Waals surface area (Å²) in [6.07, 6.45) is 3.50. The minimum absolute atomic E-state index is 0.0350. The highest BCUT2D eigenvalue weighted by molar-refractivity contribution is 6.31. The van der Waals surface area contributed by atoms with Crippen molar-refractivity contribution in [2.75, 3.05) is 56.9 Å². The van der Waals surface area contributed by atoms with E-state index in [1.165, 1.54) is 7.11 Å². The number of nitrogens with zero attached hydrogens (tertiary/aromatic N) is 2. The van der Waals surface area contributed by atoms with E-state index in [4.69, 9.17) is 4.74 Å². The van der Waals surface area contributed by atoms with Crippen molar-refractivity contribution in [3.8, 4) is 0 Å². The van der Waals surface area contributed by atoms with E-state index in [1.54, 1.807) is 30.1 Å². The molecule has 174 valence electrons. The molecule has 2 amide bonds. The average molecular weight is 451 g/mol. The van der Waals surface area contributed by atoms with Gasteiger partial charge in [0, 0.05) is 41.8 Å². The van der Waals surface area contributed by atoms with Gasteiger partial charge in [-0.05, 0) is 63.3 Å². The molecule has 2 N–H and O–H groups in total. The number of fused-ring (bicyclic) bond motifs is 1. The van der Waals surface area contributed by atoms with Crippen LogP contribution in [0.25, 0.3) is 5.57 Å². The van der Waals surface area contributed by atoms with Crippen molar-refractivity contribution in [3.63, 3.8) is 0 Å². The highest BCUT2D eigenvalue weighted by Crippen LogP contribution is 2.33. The number of allylic oxidation sites excluding steroid dienone is 1. The van der Waals surface area contributed by atoms with Crippen molar-refractivity contribution in [2.24, 2.45) is 0 Å². The Hall–Kier alpha value is -3.65. The second kappa shape index (κ2) is 10.8. The molecule has 0 saturated heterocycles. The number of hydrogen-bond donors (Lipinski definition) is 2. The molecule has 1 aliphatic rings. The topological polar surface area (TPSA) is 91.0 Å². The molecule has 2 aromatic rings. The van der Waals surface area contributed by atoms with Crippen molar-refractivity contribution < 1.29 is 19.1 Å². The first-order chi connectivity index (χ1) is 15.8. The molecular formula is C25H30N4O4. The summed E-state index contributed by atoms with van der Waals surface area (Å²) in [5, 5.41) is 6.17. The van der Waals surface area contributed by atoms with E-state index in [-0.39, 0.29) is 11.8 Å². The third-order valence-electron chi connectivity index (χ3n) is 5.36. The van der Waals surface area contributed by atoms with Gasteiger partial charge < -0.3 is 25.2 Å². The van der Waals surface area contributed by atoms with Crippen LogP contribution < -0.4 is 15.5 Å². The normalized spacial score (nSPS) is 13.6. The molecule has 8 nitrogen and oxygen atoms in total. The summed E-state index contributed by atoms with van der Waals surface area (Å²) in [5.41, 5.74) is 4.26. The minimum atomic E-state index is -0.435. The van der Waals surface area contributed by atoms with Crippen molar-refractivity contribution in [2.45, 2.75) is 12.8 Å². The van der Waals surface area contributed by atoms with Crippen LogP contribution in [0.2, 0.25) is 0 Å². The van der Waals surface area contributed by atoms with Gasteiger partial charge in [0.05, 0.1) is 19.2 Å². The van der Waals surface area contributed by atoms with E-state index in [9.17, 15) is 14.4 Å². The van der Waals surface area contributed by atoms with Gasteiger partial charge in [-0.25, -0.2) is 4.79 Å². The molecule has 2 aromatic carbocycles. The Morgan fingerprint density at radius 1 is 1.09 bits per heavy atom. The molecule has 8 heteroatoms. The molecule has 1 aliphatic heterocycles. The van der Waals surface area contributed by atoms with Crippen LogP contribution in [0.4, 0.5) is 17.1 Å². The van der Waals surface area contributed by atoms with Gasteiger partial charge in [-0.1, -0.05) is 12.1 Å². The number of unbranched alkanes of at least 4 members (excludes halogenated alkanes) is 1. The van der Waals surface area contributed by atoms with Crippen molar-refractivity contribution in [1.82, 2.24) is 4.90 Å². The number of anilines is 3. The molecule has 33 heavy (non-hydrogen) atoms. The number of carbonyl (C=O) groups excluding carboxylic acids is 3. The Kier molecular flexibility index (Phi) is 7.84. The van der Waals surface area contributed by atoms with Crippen LogP contribution in [0.3, 0.4) is 0 Å². The molecular weight excluding hydrogens is 420 g/mol. The van der Waals surface area contributed by atoms with Crippen LogP contribution in [0, 0.1) is 0 Å². The van der Waals surface area contributed by atoms with E-state index in [2.05, 4.69) is 10.6 Å². The summed E-state index contributed by atoms with van der Waals surface area (Å²) < 4.78 is 4.73. The summed E-state index contributed by atoms with van der Waals surface area (Å²) in [6, 6.07) is 12.8. The summed E-state index contributed by atoms with van der Waals surface area (Å²) in [4.78, 5) is 39.7. The zero-order chi connectivity index (χ0) is 24.0. The number of methoxy groups -OCH3 is 1. The van der Waals surface area contributed by atoms with Crippen LogP contribution in [-0.2, 0) is 14.3 Å². The standard InChI is InChI=1S/C25H30N4O4/c1-28(2)16-23(30)29(3)19-11-9-18(10-12-19)26-14-6-5-7-21-20-13-8-17(25(32)33-4)15-22(20)27-24(21)31/h7-13,15,26H,5-6,14,16H2,1-4H3,(H,27,31)/b21-7-. The Morgan fingerprint density at radius 2 is 1.82 bits per heavy atom. The second-order valence-electron chi connectivity index (χ2n) is 8.13. The molecule has 0 bridgehead atoms. The van der Waals surface area contributed by atoms with Crippen molar-refractivity contribution in [1.29, 1.82) is 0 Å². The van der Waals surface area contributed by atoms with Gasteiger partial charge in [-0.3, -0.25) is 9.59 Å². The van der Waals surface area contributed by atoms with E-state index in [0.717, 1.165) is 36.3 Å². The maximum Gasteiger partial charge on any atom is 0.337 e. The van der Waals surface area contributed by atoms with Crippen molar-refractivity contribution >= 4 is 40.4 Å². The van der Waals surface area contributed by atoms with E-state index in [0.29, 0.717) is 23.4 Å². The number of nitrogens with one attached hydrogen (secondary N) is 2. The van der Waals surface area contributed by atoms with Gasteiger partial charge in [0.1, 0.15) is 0 Å². The number of rotatable bonds is 9. The monoisotopic (exact) mass is 450 g/mol. The van der Waals surface area contributed by atoms with Gasteiger partial charge in [-0.2, -0.15) is 0 Å². The zero-order valence-electron chi connectivity index (χ0n) is 19.5. The zero-order valence-corrected chi connectivity index (χ0v) is 19.5. The Bertz CT molecular complexity index is 1060. The first kappa shape index (κ1) is 24.0. The van der Waals surface area contributed by atoms with Gasteiger partial charge in [0.25, 0.3) is 5.91 Å². The highest BCUT2D eigenvalue weighted by atomic mass is 16.5. The lowest BCUT2D eigenvalue weighted by atomic mass is 10.0. The maximum atomic E-state index is 12.3. The van der Waals surface area contributed by atoms with Crippen LogP contribution in [-0.4, -0.2) is 64.0 Å². The first-order valence-electron chi connectivity index (χ1n) is 10.8. The number of hydrogen-bond acceptors (Lipinski definition) is 6. The van der Waals surface area contributed by atoms with Crippen LogP contribution in [0.15, 0.2) is 48.5 Å². The molecule has 1 heterocycles. The van der Waals surface area contributed by atoms with Crippen LogP contribution in [0.5, 0.6) is 0 Å². The predicted molar refractivity (Wildman–Crippen MR) is 131 cm³/mol. The summed E-state index contributed by atoms with van der Waals surface area (Å²) in [6.45, 7) is 1.11. The van der Waals surface area contributed by atoms with Crippen molar-refractivity contribution in [3.05, 3.63) is 59.7 Å². The maximum absolute atomic E-state index is 12.3. The fourth-order valence-electron chi connectivity index (χ4n) is 3.55. The number of benzene rings is 2. The quantitative estimate of drug-likeness (QED) is 0.346. The minimum Gasteiger partial charge on any atom is -0.465 e. The number of carbonyl (C=O) groups is 3. The number of ether oxygens (including phenoxy) is 1. The SMILES string of the molecule is COC(=O)c1ccc2c(c1)NC(=O)/C2=C\CCCNc1ccc(N(C)C(=O)CN(C)C)cc1. The van der Waals surface area contributed by atoms with Gasteiger partial charge >= 0.3 is 5.97 Å². The summed E-state index contributed by atoms with van der Waals surface area (Å²) in [7, 11) is 6.84. The third-order valence-corrected chi connectivity index (χ3v) is 5.36. The molecule has 0 aliphatic carbocycles. The van der Waals surface area contributed by atoms with E-state index < -0.39 is 5.97 Å². The summed E-state index contributed by atoms with van der Waals surface area (Å²) >= 11 is 0. The molecule has 0 radical (unpaired) electrons. The second-order valence-corrected chi connectivity index (χ2v) is 8.13. The summed E-state index contributed by atoms with van der Waals surface area (Å²) in [5.74, 6) is -0.563. The first-order valence-corrected chi connectivity index (χ1v) is 10.8. The molecule has 0 unspecified atom stereocenters. The Morgan fingerprint density at radius 3 is 2.48 bits per heavy atom. The average Bonchev–Trinajstić information content (AvgIpc) is 3.11. The fraction of sp³-hybridized carbons (Fsp3) is 0.320. The van der Waals surface area contributed by atoms with E-state index in [1.807, 2.05) is 49.3 Å². The predicted octanol–water partition coefficient (Wildman–Crippen LogP) is 3.23. The lowest BCUT2D eigenvalue weighted by Crippen LogP contribution is -2.34. The highest BCUT2D eigenvalue weighted by Gasteiger charge is 2.24. The largest absolute Gasteiger partial charge is 0.465 e. The number of likely N-dealkylation sites (N-methyl/N-ethyl adjacent to an activating group) is 2. The Balaban J connectivity index is 1.50. The lowest BCUT2D eigenvalue weighted by molar-refractivity contribution is -0.119. The van der Waals surface area contributed by atoms with Gasteiger partial charge in [0.15, 0.2) is 0 Å². The molecule has 0 atom stereocenters. The van der Waals surface area contributed by atoms with Crippen LogP contribution >= 0.6 is 0 Å². The number of amides is 2. The molecule has 0 fully saturated rings. The van der Waals surface area contributed by atoms with E-state index >= 15 is 0 Å².